The largest absolute Gasteiger partial charge is 0.324 e. The molecule has 0 radical (unpaired) electrons. The second-order valence-electron chi connectivity index (χ2n) is 6.50. The average Bonchev–Trinajstić information content (AvgIpc) is 2.59. The molecule has 0 saturated carbocycles. The topological polar surface area (TPSA) is 71.8 Å². The predicted molar refractivity (Wildman–Crippen MR) is 97.8 cm³/mol. The van der Waals surface area contributed by atoms with Crippen LogP contribution >= 0.6 is 0 Å². The third kappa shape index (κ3) is 3.42. The van der Waals surface area contributed by atoms with Gasteiger partial charge in [0.1, 0.15) is 11.6 Å². The highest BCUT2D eigenvalue weighted by molar-refractivity contribution is 5.62. The molecule has 4 heteroatoms. The molecule has 0 aliphatic carbocycles. The second kappa shape index (κ2) is 7.02. The Kier molecular flexibility index (Phi) is 5.26. The zero-order valence-electron chi connectivity index (χ0n) is 14.9. The Morgan fingerprint density at radius 3 is 2.33 bits per heavy atom. The van der Waals surface area contributed by atoms with E-state index in [1.807, 2.05) is 38.1 Å². The zero-order valence-corrected chi connectivity index (χ0v) is 14.9. The maximum Gasteiger partial charge on any atom is 0.269 e. The number of nitrogens with zero attached hydrogens (tertiary/aromatic N) is 2. The quantitative estimate of drug-likeness (QED) is 0.915. The van der Waals surface area contributed by atoms with Gasteiger partial charge in [-0.15, -0.1) is 0 Å². The van der Waals surface area contributed by atoms with Gasteiger partial charge in [-0.2, -0.15) is 5.26 Å². The molecule has 1 aromatic carbocycles. The van der Waals surface area contributed by atoms with Crippen LogP contribution in [-0.4, -0.2) is 10.1 Å². The second-order valence-corrected chi connectivity index (χ2v) is 6.50. The first-order valence-electron chi connectivity index (χ1n) is 8.35. The Hall–Kier alpha value is -2.38. The summed E-state index contributed by atoms with van der Waals surface area (Å²) in [6, 6.07) is 11.6. The van der Waals surface area contributed by atoms with Crippen LogP contribution in [0.2, 0.25) is 0 Å². The Balaban J connectivity index is 2.68. The summed E-state index contributed by atoms with van der Waals surface area (Å²) in [5.41, 5.74) is 10.0. The fraction of sp³-hybridized carbons (Fsp3) is 0.400. The lowest BCUT2D eigenvalue weighted by atomic mass is 9.93. The molecule has 2 N–H and O–H groups in total. The SMILES string of the molecule is CCC(N)(CC)Cn1c(-c2ccc(C)c(C)c2)ccc(C#N)c1=O. The summed E-state index contributed by atoms with van der Waals surface area (Å²) in [5, 5.41) is 9.20. The van der Waals surface area contributed by atoms with Gasteiger partial charge in [0.05, 0.1) is 5.69 Å². The van der Waals surface area contributed by atoms with E-state index in [4.69, 9.17) is 5.73 Å². The first kappa shape index (κ1) is 18.0. The maximum absolute atomic E-state index is 12.7. The monoisotopic (exact) mass is 323 g/mol. The molecule has 2 rings (SSSR count). The third-order valence-electron chi connectivity index (χ3n) is 4.98. The fourth-order valence-electron chi connectivity index (χ4n) is 2.76. The van der Waals surface area contributed by atoms with E-state index in [0.717, 1.165) is 24.1 Å². The van der Waals surface area contributed by atoms with Crippen LogP contribution in [0.5, 0.6) is 0 Å². The van der Waals surface area contributed by atoms with Crippen molar-refractivity contribution in [2.24, 2.45) is 5.73 Å². The first-order chi connectivity index (χ1) is 11.3. The van der Waals surface area contributed by atoms with Crippen LogP contribution in [-0.2, 0) is 6.54 Å². The van der Waals surface area contributed by atoms with Gasteiger partial charge >= 0.3 is 0 Å². The molecule has 126 valence electrons. The van der Waals surface area contributed by atoms with E-state index in [9.17, 15) is 10.1 Å². The Bertz CT molecular complexity index is 839. The Labute approximate surface area is 143 Å². The Morgan fingerprint density at radius 1 is 1.12 bits per heavy atom. The van der Waals surface area contributed by atoms with Crippen LogP contribution in [0.1, 0.15) is 43.4 Å². The highest BCUT2D eigenvalue weighted by atomic mass is 16.1. The summed E-state index contributed by atoms with van der Waals surface area (Å²) in [7, 11) is 0. The summed E-state index contributed by atoms with van der Waals surface area (Å²) in [6.45, 7) is 8.56. The molecular formula is C20H25N3O. The number of aromatic nitrogens is 1. The van der Waals surface area contributed by atoms with Crippen molar-refractivity contribution in [1.82, 2.24) is 4.57 Å². The van der Waals surface area contributed by atoms with Gasteiger partial charge < -0.3 is 10.3 Å². The van der Waals surface area contributed by atoms with Crippen molar-refractivity contribution >= 4 is 0 Å². The summed E-state index contributed by atoms with van der Waals surface area (Å²) < 4.78 is 1.66. The van der Waals surface area contributed by atoms with Gasteiger partial charge in [-0.1, -0.05) is 26.0 Å². The third-order valence-corrected chi connectivity index (χ3v) is 4.98. The van der Waals surface area contributed by atoms with E-state index in [1.165, 1.54) is 11.1 Å². The summed E-state index contributed by atoms with van der Waals surface area (Å²) >= 11 is 0. The van der Waals surface area contributed by atoms with E-state index in [-0.39, 0.29) is 11.1 Å². The number of hydrogen-bond donors (Lipinski definition) is 1. The van der Waals surface area contributed by atoms with E-state index in [0.29, 0.717) is 6.54 Å². The number of pyridine rings is 1. The summed E-state index contributed by atoms with van der Waals surface area (Å²) in [5.74, 6) is 0. The van der Waals surface area contributed by atoms with Crippen molar-refractivity contribution in [2.45, 2.75) is 52.6 Å². The predicted octanol–water partition coefficient (Wildman–Crippen LogP) is 3.52. The van der Waals surface area contributed by atoms with Gasteiger partial charge in [0.25, 0.3) is 5.56 Å². The standard InChI is InChI=1S/C20H25N3O/c1-5-20(22,6-2)13-23-18(10-9-17(12-21)19(23)24)16-8-7-14(3)15(4)11-16/h7-11H,5-6,13,22H2,1-4H3. The molecule has 0 saturated heterocycles. The molecule has 0 bridgehead atoms. The lowest BCUT2D eigenvalue weighted by molar-refractivity contribution is 0.336. The van der Waals surface area contributed by atoms with Gasteiger partial charge in [0.2, 0.25) is 0 Å². The highest BCUT2D eigenvalue weighted by Crippen LogP contribution is 2.24. The average molecular weight is 323 g/mol. The molecule has 0 atom stereocenters. The molecule has 0 fully saturated rings. The molecular weight excluding hydrogens is 298 g/mol. The van der Waals surface area contributed by atoms with Crippen LogP contribution in [0, 0.1) is 25.2 Å². The number of aryl methyl sites for hydroxylation is 2. The molecule has 4 nitrogen and oxygen atoms in total. The molecule has 2 aromatic rings. The van der Waals surface area contributed by atoms with Crippen molar-refractivity contribution in [2.75, 3.05) is 0 Å². The molecule has 1 heterocycles. The lowest BCUT2D eigenvalue weighted by Gasteiger charge is -2.29. The minimum Gasteiger partial charge on any atom is -0.324 e. The van der Waals surface area contributed by atoms with E-state index < -0.39 is 5.54 Å². The van der Waals surface area contributed by atoms with E-state index in [2.05, 4.69) is 19.9 Å². The number of nitrogens with two attached hydrogens (primary N) is 1. The van der Waals surface area contributed by atoms with Crippen molar-refractivity contribution in [3.63, 3.8) is 0 Å². The Morgan fingerprint density at radius 2 is 1.79 bits per heavy atom. The zero-order chi connectivity index (χ0) is 17.9. The van der Waals surface area contributed by atoms with Crippen molar-refractivity contribution < 1.29 is 0 Å². The lowest BCUT2D eigenvalue weighted by Crippen LogP contribution is -2.45. The molecule has 24 heavy (non-hydrogen) atoms. The van der Waals surface area contributed by atoms with Crippen LogP contribution < -0.4 is 11.3 Å². The fourth-order valence-corrected chi connectivity index (χ4v) is 2.76. The molecule has 0 amide bonds. The van der Waals surface area contributed by atoms with Gasteiger partial charge in [0.15, 0.2) is 0 Å². The smallest absolute Gasteiger partial charge is 0.269 e. The van der Waals surface area contributed by atoms with Crippen LogP contribution in [0.4, 0.5) is 0 Å². The van der Waals surface area contributed by atoms with Crippen LogP contribution in [0.3, 0.4) is 0 Å². The maximum atomic E-state index is 12.7. The van der Waals surface area contributed by atoms with Crippen molar-refractivity contribution in [3.05, 3.63) is 57.4 Å². The number of rotatable bonds is 5. The molecule has 1 aromatic heterocycles. The first-order valence-corrected chi connectivity index (χ1v) is 8.35. The normalized spacial score (nSPS) is 11.3. The number of benzene rings is 1. The van der Waals surface area contributed by atoms with E-state index >= 15 is 0 Å². The molecule has 0 aliphatic heterocycles. The van der Waals surface area contributed by atoms with Gasteiger partial charge in [-0.05, 0) is 61.6 Å². The molecule has 0 spiro atoms. The van der Waals surface area contributed by atoms with Gasteiger partial charge in [-0.25, -0.2) is 0 Å². The highest BCUT2D eigenvalue weighted by Gasteiger charge is 2.24. The summed E-state index contributed by atoms with van der Waals surface area (Å²) in [6.07, 6.45) is 1.53. The van der Waals surface area contributed by atoms with Crippen LogP contribution in [0.15, 0.2) is 35.1 Å². The van der Waals surface area contributed by atoms with Crippen molar-refractivity contribution in [1.29, 1.82) is 5.26 Å². The number of nitriles is 1. The number of hydrogen-bond acceptors (Lipinski definition) is 3. The van der Waals surface area contributed by atoms with Crippen LogP contribution in [0.25, 0.3) is 11.3 Å². The summed E-state index contributed by atoms with van der Waals surface area (Å²) in [4.78, 5) is 12.7. The van der Waals surface area contributed by atoms with E-state index in [1.54, 1.807) is 10.6 Å². The van der Waals surface area contributed by atoms with Gasteiger partial charge in [0, 0.05) is 12.1 Å². The van der Waals surface area contributed by atoms with Crippen molar-refractivity contribution in [3.8, 4) is 17.3 Å². The molecule has 0 aliphatic rings. The minimum atomic E-state index is -0.466. The molecule has 0 unspecified atom stereocenters. The minimum absolute atomic E-state index is 0.150. The van der Waals surface area contributed by atoms with Gasteiger partial charge in [-0.3, -0.25) is 4.79 Å².